The van der Waals surface area contributed by atoms with Crippen LogP contribution in [0.15, 0.2) is 83.3 Å². The van der Waals surface area contributed by atoms with E-state index >= 15 is 0 Å². The first-order chi connectivity index (χ1) is 18.5. The zero-order chi connectivity index (χ0) is 28.4. The highest BCUT2D eigenvalue weighted by Crippen LogP contribution is 2.64. The van der Waals surface area contributed by atoms with E-state index in [1.165, 1.54) is 25.6 Å². The topological polar surface area (TPSA) is 120 Å². The second-order valence-corrected chi connectivity index (χ2v) is 11.3. The Morgan fingerprint density at radius 3 is 2.59 bits per heavy atom. The normalized spacial score (nSPS) is 18.8. The van der Waals surface area contributed by atoms with Gasteiger partial charge in [0.1, 0.15) is 5.76 Å². The molecule has 2 aromatic heterocycles. The van der Waals surface area contributed by atoms with Crippen LogP contribution in [0.3, 0.4) is 0 Å². The van der Waals surface area contributed by atoms with Crippen LogP contribution in [0.4, 0.5) is 0 Å². The van der Waals surface area contributed by atoms with Crippen LogP contribution in [0, 0.1) is 12.3 Å². The van der Waals surface area contributed by atoms with E-state index < -0.39 is 27.3 Å². The summed E-state index contributed by atoms with van der Waals surface area (Å²) in [5, 5.41) is 0.419. The van der Waals surface area contributed by atoms with Gasteiger partial charge in [-0.05, 0) is 64.5 Å². The molecule has 0 saturated heterocycles. The lowest BCUT2D eigenvalue weighted by Gasteiger charge is -2.22. The summed E-state index contributed by atoms with van der Waals surface area (Å²) in [6.07, 6.45) is 6.87. The molecule has 9 nitrogen and oxygen atoms in total. The second-order valence-electron chi connectivity index (χ2n) is 9.61. The van der Waals surface area contributed by atoms with E-state index in [0.29, 0.717) is 40.4 Å². The predicted molar refractivity (Wildman–Crippen MR) is 148 cm³/mol. The maximum Gasteiger partial charge on any atom is 0.264 e. The van der Waals surface area contributed by atoms with Gasteiger partial charge in [0, 0.05) is 22.6 Å². The number of hydrogen-bond acceptors (Lipinski definition) is 8. The van der Waals surface area contributed by atoms with Gasteiger partial charge in [0.25, 0.3) is 10.0 Å². The fourth-order valence-electron chi connectivity index (χ4n) is 4.56. The average Bonchev–Trinajstić information content (AvgIpc) is 3.66. The zero-order valence-electron chi connectivity index (χ0n) is 22.7. The molecular formula is C29H32N4O5S. The van der Waals surface area contributed by atoms with Crippen LogP contribution in [-0.4, -0.2) is 43.0 Å². The number of carbonyl (C=O) groups excluding carboxylic acids is 1. The van der Waals surface area contributed by atoms with Crippen molar-refractivity contribution in [3.63, 3.8) is 0 Å². The summed E-state index contributed by atoms with van der Waals surface area (Å²) in [6.45, 7) is 12.1. The number of ether oxygens (including phenoxy) is 2. The third-order valence-electron chi connectivity index (χ3n) is 6.63. The largest absolute Gasteiger partial charge is 0.496 e. The van der Waals surface area contributed by atoms with Crippen molar-refractivity contribution in [3.8, 4) is 5.88 Å². The van der Waals surface area contributed by atoms with Gasteiger partial charge in [-0.25, -0.2) is 18.1 Å². The summed E-state index contributed by atoms with van der Waals surface area (Å²) in [6, 6.07) is 8.20. The van der Waals surface area contributed by atoms with E-state index in [0.717, 1.165) is 11.3 Å². The summed E-state index contributed by atoms with van der Waals surface area (Å²) in [4.78, 5) is 27.0. The first-order valence-corrected chi connectivity index (χ1v) is 14.0. The fourth-order valence-corrected chi connectivity index (χ4v) is 5.81. The van der Waals surface area contributed by atoms with Crippen molar-refractivity contribution < 1.29 is 22.7 Å². The molecule has 1 aromatic carbocycles. The molecule has 39 heavy (non-hydrogen) atoms. The van der Waals surface area contributed by atoms with Crippen LogP contribution in [0.2, 0.25) is 0 Å². The highest BCUT2D eigenvalue weighted by Gasteiger charge is 2.64. The molecule has 1 aliphatic rings. The molecule has 3 aromatic rings. The van der Waals surface area contributed by atoms with E-state index in [1.807, 2.05) is 33.8 Å². The quantitative estimate of drug-likeness (QED) is 0.284. The number of aryl methyl sites for hydroxylation is 1. The minimum atomic E-state index is -4.26. The molecule has 10 heteroatoms. The number of carbonyl (C=O) groups is 1. The minimum Gasteiger partial charge on any atom is -0.496 e. The molecular weight excluding hydrogens is 516 g/mol. The van der Waals surface area contributed by atoms with Gasteiger partial charge >= 0.3 is 0 Å². The molecule has 1 aliphatic carbocycles. The van der Waals surface area contributed by atoms with Crippen LogP contribution in [-0.2, 0) is 19.6 Å². The van der Waals surface area contributed by atoms with Crippen molar-refractivity contribution in [3.05, 3.63) is 89.7 Å². The number of allylic oxidation sites excluding steroid dienone is 4. The molecule has 1 amide bonds. The van der Waals surface area contributed by atoms with Gasteiger partial charge in [-0.3, -0.25) is 14.8 Å². The average molecular weight is 549 g/mol. The number of fused-ring (bicyclic) bond motifs is 1. The Morgan fingerprint density at radius 2 is 1.95 bits per heavy atom. The molecule has 0 radical (unpaired) electrons. The van der Waals surface area contributed by atoms with Crippen molar-refractivity contribution in [2.75, 3.05) is 13.7 Å². The SMILES string of the molecule is C=C(/C(=C\C=C(C)C)OC)[C@@]1(C(=O)NS(=O)(=O)c2cccc3nc(C)ccc23)C[C@H]1c1cnc(OCC)cn1. The van der Waals surface area contributed by atoms with E-state index in [2.05, 4.69) is 26.3 Å². The van der Waals surface area contributed by atoms with E-state index in [4.69, 9.17) is 9.47 Å². The van der Waals surface area contributed by atoms with E-state index in [9.17, 15) is 13.2 Å². The maximum absolute atomic E-state index is 13.9. The van der Waals surface area contributed by atoms with E-state index in [1.54, 1.807) is 30.3 Å². The van der Waals surface area contributed by atoms with Gasteiger partial charge in [0.2, 0.25) is 11.8 Å². The van der Waals surface area contributed by atoms with Gasteiger partial charge in [0.15, 0.2) is 0 Å². The molecule has 204 valence electrons. The molecule has 0 unspecified atom stereocenters. The lowest BCUT2D eigenvalue weighted by Crippen LogP contribution is -2.39. The Morgan fingerprint density at radius 1 is 1.18 bits per heavy atom. The Kier molecular flexibility index (Phi) is 7.87. The van der Waals surface area contributed by atoms with Gasteiger partial charge < -0.3 is 9.47 Å². The Labute approximate surface area is 228 Å². The molecule has 4 rings (SSSR count). The number of nitrogens with one attached hydrogen (secondary N) is 1. The predicted octanol–water partition coefficient (Wildman–Crippen LogP) is 4.76. The number of sulfonamides is 1. The van der Waals surface area contributed by atoms with Gasteiger partial charge in [-0.2, -0.15) is 0 Å². The number of pyridine rings is 1. The molecule has 1 N–H and O–H groups in total. The third-order valence-corrected chi connectivity index (χ3v) is 8.02. The first kappa shape index (κ1) is 28.0. The fraction of sp³-hybridized carbons (Fsp3) is 0.310. The van der Waals surface area contributed by atoms with Crippen molar-refractivity contribution >= 4 is 26.8 Å². The zero-order valence-corrected chi connectivity index (χ0v) is 23.5. The molecule has 0 spiro atoms. The number of benzene rings is 1. The molecule has 2 heterocycles. The number of methoxy groups -OCH3 is 1. The first-order valence-electron chi connectivity index (χ1n) is 12.5. The van der Waals surface area contributed by atoms with Crippen molar-refractivity contribution in [2.24, 2.45) is 5.41 Å². The number of rotatable bonds is 10. The summed E-state index contributed by atoms with van der Waals surface area (Å²) in [5.74, 6) is -0.454. The Balaban J connectivity index is 1.74. The summed E-state index contributed by atoms with van der Waals surface area (Å²) < 4.78 is 40.4. The number of hydrogen-bond donors (Lipinski definition) is 1. The maximum atomic E-state index is 13.9. The number of aromatic nitrogens is 3. The molecule has 2 atom stereocenters. The van der Waals surface area contributed by atoms with Crippen LogP contribution in [0.1, 0.15) is 44.5 Å². The minimum absolute atomic E-state index is 0.0354. The highest BCUT2D eigenvalue weighted by molar-refractivity contribution is 7.90. The highest BCUT2D eigenvalue weighted by atomic mass is 32.2. The standard InChI is InChI=1S/C29H32N4O5S/c1-7-38-27-17-30-24(16-31-27)22-15-29(22,20(5)25(37-6)14-11-18(2)3)28(34)33-39(35,36)26-10-8-9-23-21(26)13-12-19(4)32-23/h8-14,16-17,22H,5,7,15H2,1-4,6H3,(H,33,34)/b25-14+/t22-,29-/m0/s1. The van der Waals surface area contributed by atoms with E-state index in [-0.39, 0.29) is 11.3 Å². The van der Waals surface area contributed by atoms with Crippen molar-refractivity contribution in [1.29, 1.82) is 0 Å². The van der Waals surface area contributed by atoms with Crippen LogP contribution in [0.25, 0.3) is 10.9 Å². The van der Waals surface area contributed by atoms with Crippen LogP contribution in [0.5, 0.6) is 5.88 Å². The summed E-state index contributed by atoms with van der Waals surface area (Å²) >= 11 is 0. The number of nitrogens with zero attached hydrogens (tertiary/aromatic N) is 3. The second kappa shape index (κ2) is 11.0. The van der Waals surface area contributed by atoms with Crippen molar-refractivity contribution in [2.45, 2.75) is 44.9 Å². The van der Waals surface area contributed by atoms with Crippen molar-refractivity contribution in [1.82, 2.24) is 19.7 Å². The smallest absolute Gasteiger partial charge is 0.264 e. The summed E-state index contributed by atoms with van der Waals surface area (Å²) in [7, 11) is -2.78. The molecule has 1 fully saturated rings. The lowest BCUT2D eigenvalue weighted by atomic mass is 9.90. The molecule has 1 saturated carbocycles. The van der Waals surface area contributed by atoms with Crippen LogP contribution < -0.4 is 9.46 Å². The summed E-state index contributed by atoms with van der Waals surface area (Å²) in [5.41, 5.74) is 1.85. The van der Waals surface area contributed by atoms with Gasteiger partial charge in [0.05, 0.1) is 47.6 Å². The third kappa shape index (κ3) is 5.56. The lowest BCUT2D eigenvalue weighted by molar-refractivity contribution is -0.123. The molecule has 0 aliphatic heterocycles. The van der Waals surface area contributed by atoms with Gasteiger partial charge in [-0.1, -0.05) is 24.3 Å². The van der Waals surface area contributed by atoms with Gasteiger partial charge in [-0.15, -0.1) is 0 Å². The Hall–Kier alpha value is -4.05. The number of amides is 1. The monoisotopic (exact) mass is 548 g/mol. The van der Waals surface area contributed by atoms with Crippen LogP contribution >= 0.6 is 0 Å². The Bertz CT molecular complexity index is 1590. The molecule has 0 bridgehead atoms.